The number of carbonyl (C=O) groups is 2. The molecule has 7 heteroatoms. The molecular formula is C13H17F2N2O3+. The number of halogens is 2. The molecule has 20 heavy (non-hydrogen) atoms. The summed E-state index contributed by atoms with van der Waals surface area (Å²) in [5.74, 6) is -2.38. The molecule has 2 amide bonds. The van der Waals surface area contributed by atoms with E-state index in [2.05, 4.69) is 4.74 Å². The van der Waals surface area contributed by atoms with E-state index in [9.17, 15) is 18.4 Å². The third-order valence-electron chi connectivity index (χ3n) is 2.87. The van der Waals surface area contributed by atoms with E-state index in [1.165, 1.54) is 6.07 Å². The van der Waals surface area contributed by atoms with Crippen LogP contribution in [0.25, 0.3) is 0 Å². The van der Waals surface area contributed by atoms with Crippen molar-refractivity contribution in [1.29, 1.82) is 0 Å². The van der Waals surface area contributed by atoms with Crippen LogP contribution in [-0.2, 0) is 9.53 Å². The van der Waals surface area contributed by atoms with Crippen LogP contribution in [0.5, 0.6) is 0 Å². The van der Waals surface area contributed by atoms with Gasteiger partial charge in [-0.05, 0) is 32.0 Å². The number of imide groups is 1. The molecule has 3 N–H and O–H groups in total. The minimum Gasteiger partial charge on any atom is -0.453 e. The van der Waals surface area contributed by atoms with Crippen molar-refractivity contribution >= 4 is 12.0 Å². The number of rotatable bonds is 4. The van der Waals surface area contributed by atoms with Gasteiger partial charge in [0.1, 0.15) is 6.04 Å². The number of alkyl carbamates (subject to hydrolysis) is 1. The Kier molecular flexibility index (Phi) is 5.57. The molecule has 0 heterocycles. The molecule has 0 spiro atoms. The summed E-state index contributed by atoms with van der Waals surface area (Å²) in [4.78, 5) is 22.5. The van der Waals surface area contributed by atoms with Crippen molar-refractivity contribution in [3.63, 3.8) is 0 Å². The molecule has 0 aliphatic carbocycles. The van der Waals surface area contributed by atoms with Gasteiger partial charge in [-0.15, -0.1) is 0 Å². The van der Waals surface area contributed by atoms with E-state index in [4.69, 9.17) is 0 Å². The van der Waals surface area contributed by atoms with E-state index in [0.29, 0.717) is 5.56 Å². The quantitative estimate of drug-likeness (QED) is 0.862. The Balaban J connectivity index is 2.64. The van der Waals surface area contributed by atoms with Gasteiger partial charge in [-0.25, -0.2) is 13.6 Å². The van der Waals surface area contributed by atoms with E-state index < -0.39 is 29.7 Å². The molecule has 0 bridgehead atoms. The number of amides is 2. The molecule has 0 saturated carbocycles. The SMILES string of the molecule is COC(=O)NC(=O)[C@@H](C)[NH2+][C@H](C)c1ccc(F)c(F)c1. The first-order chi connectivity index (χ1) is 9.35. The van der Waals surface area contributed by atoms with Crippen LogP contribution in [0.15, 0.2) is 18.2 Å². The van der Waals surface area contributed by atoms with Gasteiger partial charge in [-0.2, -0.15) is 0 Å². The Morgan fingerprint density at radius 1 is 1.25 bits per heavy atom. The van der Waals surface area contributed by atoms with Crippen LogP contribution < -0.4 is 10.6 Å². The zero-order chi connectivity index (χ0) is 15.3. The average Bonchev–Trinajstić information content (AvgIpc) is 2.41. The largest absolute Gasteiger partial charge is 0.453 e. The van der Waals surface area contributed by atoms with Crippen LogP contribution in [0, 0.1) is 11.6 Å². The molecule has 0 radical (unpaired) electrons. The number of quaternary nitrogens is 1. The predicted molar refractivity (Wildman–Crippen MR) is 66.7 cm³/mol. The van der Waals surface area contributed by atoms with Crippen molar-refractivity contribution in [2.45, 2.75) is 25.9 Å². The third-order valence-corrected chi connectivity index (χ3v) is 2.87. The van der Waals surface area contributed by atoms with Crippen LogP contribution in [0.2, 0.25) is 0 Å². The van der Waals surface area contributed by atoms with E-state index in [-0.39, 0.29) is 6.04 Å². The number of hydrogen-bond donors (Lipinski definition) is 2. The van der Waals surface area contributed by atoms with Gasteiger partial charge in [-0.1, -0.05) is 0 Å². The fourth-order valence-electron chi connectivity index (χ4n) is 1.69. The maximum atomic E-state index is 13.1. The summed E-state index contributed by atoms with van der Waals surface area (Å²) in [6.45, 7) is 3.34. The van der Waals surface area contributed by atoms with Gasteiger partial charge >= 0.3 is 6.09 Å². The molecule has 5 nitrogen and oxygen atoms in total. The lowest BCUT2D eigenvalue weighted by Gasteiger charge is -2.16. The highest BCUT2D eigenvalue weighted by Crippen LogP contribution is 2.13. The fraction of sp³-hybridized carbons (Fsp3) is 0.385. The molecule has 0 aromatic heterocycles. The predicted octanol–water partition coefficient (Wildman–Crippen LogP) is 0.860. The van der Waals surface area contributed by atoms with Gasteiger partial charge in [0.05, 0.1) is 7.11 Å². The van der Waals surface area contributed by atoms with Crippen molar-refractivity contribution in [3.8, 4) is 0 Å². The molecule has 110 valence electrons. The second kappa shape index (κ2) is 6.95. The molecule has 2 atom stereocenters. The van der Waals surface area contributed by atoms with Crippen molar-refractivity contribution in [2.24, 2.45) is 0 Å². The van der Waals surface area contributed by atoms with Gasteiger partial charge in [0.2, 0.25) is 0 Å². The van der Waals surface area contributed by atoms with Gasteiger partial charge in [0, 0.05) is 5.56 Å². The summed E-state index contributed by atoms with van der Waals surface area (Å²) in [5.41, 5.74) is 0.543. The second-order valence-corrected chi connectivity index (χ2v) is 4.42. The maximum absolute atomic E-state index is 13.1. The highest BCUT2D eigenvalue weighted by molar-refractivity contribution is 5.93. The third kappa shape index (κ3) is 4.27. The lowest BCUT2D eigenvalue weighted by Crippen LogP contribution is -2.92. The minimum atomic E-state index is -0.936. The first-order valence-corrected chi connectivity index (χ1v) is 6.04. The number of ether oxygens (including phenoxy) is 1. The minimum absolute atomic E-state index is 0.275. The zero-order valence-corrected chi connectivity index (χ0v) is 11.4. The molecule has 1 aromatic rings. The maximum Gasteiger partial charge on any atom is 0.413 e. The summed E-state index contributed by atoms with van der Waals surface area (Å²) < 4.78 is 30.3. The van der Waals surface area contributed by atoms with Crippen LogP contribution in [0.3, 0.4) is 0 Å². The normalized spacial score (nSPS) is 13.4. The number of nitrogens with one attached hydrogen (secondary N) is 1. The summed E-state index contributed by atoms with van der Waals surface area (Å²) in [6.07, 6.45) is -0.837. The van der Waals surface area contributed by atoms with Crippen molar-refractivity contribution in [1.82, 2.24) is 5.32 Å². The Bertz CT molecular complexity index is 508. The first-order valence-electron chi connectivity index (χ1n) is 6.04. The highest BCUT2D eigenvalue weighted by atomic mass is 19.2. The molecule has 0 aliphatic rings. The topological polar surface area (TPSA) is 72.0 Å². The van der Waals surface area contributed by atoms with Gasteiger partial charge in [0.25, 0.3) is 5.91 Å². The number of methoxy groups -OCH3 is 1. The molecule has 1 rings (SSSR count). The molecule has 0 fully saturated rings. The van der Waals surface area contributed by atoms with Crippen molar-refractivity contribution in [3.05, 3.63) is 35.4 Å². The Morgan fingerprint density at radius 3 is 2.45 bits per heavy atom. The zero-order valence-electron chi connectivity index (χ0n) is 11.4. The molecule has 0 aliphatic heterocycles. The second-order valence-electron chi connectivity index (χ2n) is 4.42. The van der Waals surface area contributed by atoms with Crippen LogP contribution >= 0.6 is 0 Å². The van der Waals surface area contributed by atoms with Gasteiger partial charge < -0.3 is 10.1 Å². The summed E-state index contributed by atoms with van der Waals surface area (Å²) in [5, 5.41) is 3.67. The number of nitrogens with two attached hydrogens (primary N) is 1. The van der Waals surface area contributed by atoms with Crippen molar-refractivity contribution < 1.29 is 28.4 Å². The Hall–Kier alpha value is -2.02. The number of carbonyl (C=O) groups excluding carboxylic acids is 2. The smallest absolute Gasteiger partial charge is 0.413 e. The van der Waals surface area contributed by atoms with Crippen molar-refractivity contribution in [2.75, 3.05) is 7.11 Å². The van der Waals surface area contributed by atoms with Crippen LogP contribution in [-0.4, -0.2) is 25.2 Å². The fourth-order valence-corrected chi connectivity index (χ4v) is 1.69. The number of hydrogen-bond acceptors (Lipinski definition) is 3. The molecule has 0 unspecified atom stereocenters. The Labute approximate surface area is 115 Å². The number of benzene rings is 1. The first kappa shape index (κ1) is 16.0. The lowest BCUT2D eigenvalue weighted by molar-refractivity contribution is -0.710. The Morgan fingerprint density at radius 2 is 1.90 bits per heavy atom. The summed E-state index contributed by atoms with van der Waals surface area (Å²) >= 11 is 0. The highest BCUT2D eigenvalue weighted by Gasteiger charge is 2.22. The molecule has 0 saturated heterocycles. The molecule has 1 aromatic carbocycles. The summed E-state index contributed by atoms with van der Waals surface area (Å²) in [6, 6.07) is 2.71. The van der Waals surface area contributed by atoms with E-state index in [0.717, 1.165) is 19.2 Å². The van der Waals surface area contributed by atoms with Crippen LogP contribution in [0.4, 0.5) is 13.6 Å². The van der Waals surface area contributed by atoms with Gasteiger partial charge in [0.15, 0.2) is 17.7 Å². The monoisotopic (exact) mass is 287 g/mol. The standard InChI is InChI=1S/C13H16F2N2O3/c1-7(9-4-5-10(14)11(15)6-9)16-8(2)12(18)17-13(19)20-3/h4-8,16H,1-3H3,(H,17,18,19)/p+1/t7-,8-/m1/s1. The van der Waals surface area contributed by atoms with E-state index >= 15 is 0 Å². The molecular weight excluding hydrogens is 270 g/mol. The lowest BCUT2D eigenvalue weighted by atomic mass is 10.1. The average molecular weight is 287 g/mol. The summed E-state index contributed by atoms with van der Waals surface area (Å²) in [7, 11) is 1.15. The van der Waals surface area contributed by atoms with E-state index in [1.807, 2.05) is 5.32 Å². The van der Waals surface area contributed by atoms with Crippen LogP contribution in [0.1, 0.15) is 25.5 Å². The van der Waals surface area contributed by atoms with E-state index in [1.54, 1.807) is 19.2 Å². The van der Waals surface area contributed by atoms with Gasteiger partial charge in [-0.3, -0.25) is 10.1 Å².